The molecule has 2 rings (SSSR count). The molecule has 5 nitrogen and oxygen atoms in total. The maximum atomic E-state index is 12.5. The summed E-state index contributed by atoms with van der Waals surface area (Å²) in [7, 11) is -2.28. The van der Waals surface area contributed by atoms with Crippen LogP contribution in [0.4, 0.5) is 5.69 Å². The van der Waals surface area contributed by atoms with E-state index in [0.717, 1.165) is 27.5 Å². The van der Waals surface area contributed by atoms with Crippen LogP contribution in [-0.4, -0.2) is 32.2 Å². The standard InChI is InChI=1S/C18H22N2O3S/c1-4-15-10-8-9-14(2)18(15)19-17(21)13-20(3)24(22,23)16-11-6-5-7-12-16/h5-12H,4,13H2,1-3H3,(H,19,21). The van der Waals surface area contributed by atoms with Crippen molar-refractivity contribution >= 4 is 21.6 Å². The van der Waals surface area contributed by atoms with E-state index in [9.17, 15) is 13.2 Å². The summed E-state index contributed by atoms with van der Waals surface area (Å²) in [4.78, 5) is 12.5. The Balaban J connectivity index is 2.13. The smallest absolute Gasteiger partial charge is 0.243 e. The summed E-state index contributed by atoms with van der Waals surface area (Å²) in [5.74, 6) is -0.360. The molecule has 0 saturated carbocycles. The summed E-state index contributed by atoms with van der Waals surface area (Å²) in [6, 6.07) is 13.9. The van der Waals surface area contributed by atoms with Crippen molar-refractivity contribution in [3.63, 3.8) is 0 Å². The Bertz CT molecular complexity index is 817. The summed E-state index contributed by atoms with van der Waals surface area (Å²) < 4.78 is 26.0. The van der Waals surface area contributed by atoms with Crippen molar-refractivity contribution in [1.29, 1.82) is 0 Å². The first-order chi connectivity index (χ1) is 11.4. The lowest BCUT2D eigenvalue weighted by molar-refractivity contribution is -0.116. The fraction of sp³-hybridized carbons (Fsp3) is 0.278. The number of carbonyl (C=O) groups excluding carboxylic acids is 1. The molecule has 0 aromatic heterocycles. The van der Waals surface area contributed by atoms with Gasteiger partial charge in [-0.1, -0.05) is 43.3 Å². The number of amides is 1. The Morgan fingerprint density at radius 2 is 1.75 bits per heavy atom. The van der Waals surface area contributed by atoms with Gasteiger partial charge in [-0.2, -0.15) is 4.31 Å². The van der Waals surface area contributed by atoms with Crippen molar-refractivity contribution in [2.75, 3.05) is 18.9 Å². The van der Waals surface area contributed by atoms with Crippen molar-refractivity contribution in [3.05, 3.63) is 59.7 Å². The number of benzene rings is 2. The first-order valence-electron chi connectivity index (χ1n) is 7.76. The second-order valence-corrected chi connectivity index (χ2v) is 7.63. The summed E-state index contributed by atoms with van der Waals surface area (Å²) in [5, 5.41) is 2.84. The van der Waals surface area contributed by atoms with Crippen molar-refractivity contribution in [1.82, 2.24) is 4.31 Å². The highest BCUT2D eigenvalue weighted by Crippen LogP contribution is 2.21. The maximum Gasteiger partial charge on any atom is 0.243 e. The molecule has 0 aliphatic rings. The van der Waals surface area contributed by atoms with E-state index in [0.29, 0.717) is 0 Å². The summed E-state index contributed by atoms with van der Waals surface area (Å²) in [5.41, 5.74) is 2.74. The van der Waals surface area contributed by atoms with Crippen molar-refractivity contribution in [3.8, 4) is 0 Å². The predicted octanol–water partition coefficient (Wildman–Crippen LogP) is 2.82. The number of nitrogens with one attached hydrogen (secondary N) is 1. The molecule has 0 saturated heterocycles. The number of hydrogen-bond acceptors (Lipinski definition) is 3. The molecule has 24 heavy (non-hydrogen) atoms. The monoisotopic (exact) mass is 346 g/mol. The van der Waals surface area contributed by atoms with Crippen LogP contribution in [0.1, 0.15) is 18.1 Å². The van der Waals surface area contributed by atoms with E-state index in [2.05, 4.69) is 5.32 Å². The maximum absolute atomic E-state index is 12.5. The van der Waals surface area contributed by atoms with E-state index in [4.69, 9.17) is 0 Å². The second kappa shape index (κ2) is 7.59. The van der Waals surface area contributed by atoms with Crippen LogP contribution in [0.3, 0.4) is 0 Å². The minimum absolute atomic E-state index is 0.172. The van der Waals surface area contributed by atoms with Gasteiger partial charge in [0.2, 0.25) is 15.9 Å². The van der Waals surface area contributed by atoms with Crippen molar-refractivity contribution in [2.45, 2.75) is 25.2 Å². The lowest BCUT2D eigenvalue weighted by Crippen LogP contribution is -2.35. The normalized spacial score (nSPS) is 11.5. The number of carbonyl (C=O) groups is 1. The average Bonchev–Trinajstić information content (AvgIpc) is 2.57. The van der Waals surface area contributed by atoms with Crippen LogP contribution >= 0.6 is 0 Å². The third kappa shape index (κ3) is 4.01. The van der Waals surface area contributed by atoms with Crippen LogP contribution in [-0.2, 0) is 21.2 Å². The van der Waals surface area contributed by atoms with Crippen LogP contribution in [0.5, 0.6) is 0 Å². The van der Waals surface area contributed by atoms with Gasteiger partial charge >= 0.3 is 0 Å². The molecule has 0 atom stereocenters. The topological polar surface area (TPSA) is 66.5 Å². The number of likely N-dealkylation sites (N-methyl/N-ethyl adjacent to an activating group) is 1. The van der Waals surface area contributed by atoms with Crippen LogP contribution in [0.25, 0.3) is 0 Å². The van der Waals surface area contributed by atoms with Gasteiger partial charge in [-0.15, -0.1) is 0 Å². The summed E-state index contributed by atoms with van der Waals surface area (Å²) in [6.45, 7) is 3.68. The fourth-order valence-corrected chi connectivity index (χ4v) is 3.59. The molecule has 0 fully saturated rings. The van der Waals surface area contributed by atoms with Gasteiger partial charge in [0.25, 0.3) is 0 Å². The highest BCUT2D eigenvalue weighted by atomic mass is 32.2. The lowest BCUT2D eigenvalue weighted by atomic mass is 10.1. The van der Waals surface area contributed by atoms with Crippen LogP contribution < -0.4 is 5.32 Å². The summed E-state index contributed by atoms with van der Waals surface area (Å²) in [6.07, 6.45) is 0.787. The Hall–Kier alpha value is -2.18. The van der Waals surface area contributed by atoms with Gasteiger partial charge in [0.15, 0.2) is 0 Å². The van der Waals surface area contributed by atoms with E-state index < -0.39 is 10.0 Å². The van der Waals surface area contributed by atoms with Gasteiger partial charge in [0.1, 0.15) is 0 Å². The molecule has 0 spiro atoms. The van der Waals surface area contributed by atoms with Gasteiger partial charge in [0.05, 0.1) is 11.4 Å². The molecular formula is C18H22N2O3S. The molecule has 0 aliphatic heterocycles. The largest absolute Gasteiger partial charge is 0.324 e. The molecule has 1 N–H and O–H groups in total. The molecule has 6 heteroatoms. The number of sulfonamides is 1. The van der Waals surface area contributed by atoms with Gasteiger partial charge in [-0.05, 0) is 36.6 Å². The number of hydrogen-bond donors (Lipinski definition) is 1. The number of rotatable bonds is 6. The van der Waals surface area contributed by atoms with Gasteiger partial charge in [-0.3, -0.25) is 4.79 Å². The molecule has 2 aromatic rings. The minimum Gasteiger partial charge on any atom is -0.324 e. The van der Waals surface area contributed by atoms with E-state index in [-0.39, 0.29) is 17.3 Å². The predicted molar refractivity (Wildman–Crippen MR) is 95.4 cm³/mol. The first kappa shape index (κ1) is 18.2. The molecule has 1 amide bonds. The highest BCUT2D eigenvalue weighted by Gasteiger charge is 2.23. The van der Waals surface area contributed by atoms with E-state index in [1.54, 1.807) is 18.2 Å². The van der Waals surface area contributed by atoms with E-state index >= 15 is 0 Å². The lowest BCUT2D eigenvalue weighted by Gasteiger charge is -2.18. The van der Waals surface area contributed by atoms with Gasteiger partial charge in [-0.25, -0.2) is 8.42 Å². The Morgan fingerprint density at radius 3 is 2.38 bits per heavy atom. The van der Waals surface area contributed by atoms with Crippen molar-refractivity contribution < 1.29 is 13.2 Å². The zero-order chi connectivity index (χ0) is 17.7. The van der Waals surface area contributed by atoms with E-state index in [1.165, 1.54) is 19.2 Å². The van der Waals surface area contributed by atoms with Crippen molar-refractivity contribution in [2.24, 2.45) is 0 Å². The van der Waals surface area contributed by atoms with Crippen LogP contribution in [0, 0.1) is 6.92 Å². The van der Waals surface area contributed by atoms with Crippen LogP contribution in [0.15, 0.2) is 53.4 Å². The molecule has 0 radical (unpaired) electrons. The minimum atomic E-state index is -3.68. The highest BCUT2D eigenvalue weighted by molar-refractivity contribution is 7.89. The molecule has 0 unspecified atom stereocenters. The van der Waals surface area contributed by atoms with Gasteiger partial charge < -0.3 is 5.32 Å². The quantitative estimate of drug-likeness (QED) is 0.875. The third-order valence-corrected chi connectivity index (χ3v) is 5.64. The van der Waals surface area contributed by atoms with Crippen LogP contribution in [0.2, 0.25) is 0 Å². The number of para-hydroxylation sites is 1. The average molecular weight is 346 g/mol. The zero-order valence-corrected chi connectivity index (χ0v) is 14.9. The Kier molecular flexibility index (Phi) is 5.75. The fourth-order valence-electron chi connectivity index (χ4n) is 2.44. The molecular weight excluding hydrogens is 324 g/mol. The number of aryl methyl sites for hydroxylation is 2. The Labute approximate surface area is 143 Å². The molecule has 2 aromatic carbocycles. The molecule has 0 bridgehead atoms. The number of nitrogens with zero attached hydrogens (tertiary/aromatic N) is 1. The van der Waals surface area contributed by atoms with E-state index in [1.807, 2.05) is 32.0 Å². The zero-order valence-electron chi connectivity index (χ0n) is 14.1. The second-order valence-electron chi connectivity index (χ2n) is 5.58. The summed E-state index contributed by atoms with van der Waals surface area (Å²) >= 11 is 0. The third-order valence-electron chi connectivity index (χ3n) is 3.82. The SMILES string of the molecule is CCc1cccc(C)c1NC(=O)CN(C)S(=O)(=O)c1ccccc1. The molecule has 0 aliphatic carbocycles. The molecule has 0 heterocycles. The first-order valence-corrected chi connectivity index (χ1v) is 9.20. The molecule has 128 valence electrons. The number of anilines is 1. The Morgan fingerprint density at radius 1 is 1.08 bits per heavy atom. The van der Waals surface area contributed by atoms with Gasteiger partial charge in [0, 0.05) is 12.7 Å².